The monoisotopic (exact) mass is 266 g/mol. The maximum absolute atomic E-state index is 4.50. The van der Waals surface area contributed by atoms with Crippen molar-refractivity contribution in [1.82, 2.24) is 24.1 Å². The Kier molecular flexibility index (Phi) is 3.34. The SMILES string of the molecule is CC(Nc1nc(C(C)(C)C)ns1)c1nncn1C. The van der Waals surface area contributed by atoms with Crippen molar-refractivity contribution in [2.24, 2.45) is 7.05 Å². The standard InChI is InChI=1S/C11H18N6S/c1-7(8-15-12-6-17(8)5)13-10-14-9(16-18-10)11(2,3)4/h6-7H,1-5H3,(H,13,14,16). The molecule has 18 heavy (non-hydrogen) atoms. The van der Waals surface area contributed by atoms with Crippen LogP contribution in [-0.2, 0) is 12.5 Å². The number of aryl methyl sites for hydroxylation is 1. The van der Waals surface area contributed by atoms with Gasteiger partial charge in [-0.1, -0.05) is 20.8 Å². The van der Waals surface area contributed by atoms with E-state index in [1.807, 2.05) is 18.5 Å². The van der Waals surface area contributed by atoms with Crippen LogP contribution in [0.5, 0.6) is 0 Å². The molecule has 1 atom stereocenters. The molecule has 0 aliphatic heterocycles. The van der Waals surface area contributed by atoms with Crippen LogP contribution in [0.15, 0.2) is 6.33 Å². The topological polar surface area (TPSA) is 68.5 Å². The van der Waals surface area contributed by atoms with Gasteiger partial charge in [-0.15, -0.1) is 10.2 Å². The first kappa shape index (κ1) is 12.9. The highest BCUT2D eigenvalue weighted by Gasteiger charge is 2.20. The summed E-state index contributed by atoms with van der Waals surface area (Å²) in [5.41, 5.74) is -0.0234. The molecule has 0 aromatic carbocycles. The summed E-state index contributed by atoms with van der Waals surface area (Å²) in [5.74, 6) is 1.74. The quantitative estimate of drug-likeness (QED) is 0.921. The van der Waals surface area contributed by atoms with Crippen LogP contribution in [-0.4, -0.2) is 24.1 Å². The van der Waals surface area contributed by atoms with Crippen LogP contribution in [0.3, 0.4) is 0 Å². The van der Waals surface area contributed by atoms with E-state index in [0.717, 1.165) is 16.8 Å². The molecule has 1 N–H and O–H groups in total. The van der Waals surface area contributed by atoms with E-state index >= 15 is 0 Å². The van der Waals surface area contributed by atoms with Crippen molar-refractivity contribution < 1.29 is 0 Å². The second kappa shape index (κ2) is 4.64. The summed E-state index contributed by atoms with van der Waals surface area (Å²) in [7, 11) is 1.92. The van der Waals surface area contributed by atoms with E-state index in [1.165, 1.54) is 11.5 Å². The van der Waals surface area contributed by atoms with E-state index in [2.05, 4.69) is 45.6 Å². The van der Waals surface area contributed by atoms with Gasteiger partial charge in [-0.3, -0.25) is 0 Å². The molecule has 0 bridgehead atoms. The number of aromatic nitrogens is 5. The Balaban J connectivity index is 2.11. The van der Waals surface area contributed by atoms with E-state index in [-0.39, 0.29) is 11.5 Å². The Morgan fingerprint density at radius 2 is 2.11 bits per heavy atom. The van der Waals surface area contributed by atoms with E-state index in [4.69, 9.17) is 0 Å². The van der Waals surface area contributed by atoms with Gasteiger partial charge < -0.3 is 9.88 Å². The maximum Gasteiger partial charge on any atom is 0.203 e. The third-order valence-corrected chi connectivity index (χ3v) is 3.22. The molecule has 0 aliphatic rings. The van der Waals surface area contributed by atoms with Gasteiger partial charge in [-0.2, -0.15) is 4.37 Å². The lowest BCUT2D eigenvalue weighted by Gasteiger charge is -2.13. The minimum Gasteiger partial charge on any atom is -0.351 e. The van der Waals surface area contributed by atoms with E-state index in [9.17, 15) is 0 Å². The van der Waals surface area contributed by atoms with Crippen LogP contribution in [0, 0.1) is 0 Å². The summed E-state index contributed by atoms with van der Waals surface area (Å²) >= 11 is 1.38. The molecule has 0 amide bonds. The highest BCUT2D eigenvalue weighted by Crippen LogP contribution is 2.25. The molecule has 2 aromatic heterocycles. The number of hydrogen-bond acceptors (Lipinski definition) is 6. The Labute approximate surface area is 111 Å². The Morgan fingerprint density at radius 1 is 1.39 bits per heavy atom. The highest BCUT2D eigenvalue weighted by atomic mass is 32.1. The first-order valence-electron chi connectivity index (χ1n) is 5.82. The number of nitrogens with zero attached hydrogens (tertiary/aromatic N) is 5. The lowest BCUT2D eigenvalue weighted by molar-refractivity contribution is 0.555. The number of hydrogen-bond donors (Lipinski definition) is 1. The fourth-order valence-electron chi connectivity index (χ4n) is 1.52. The average Bonchev–Trinajstić information content (AvgIpc) is 2.85. The number of anilines is 1. The molecule has 0 spiro atoms. The molecule has 6 nitrogen and oxygen atoms in total. The minimum atomic E-state index is -0.0234. The predicted octanol–water partition coefficient (Wildman–Crippen LogP) is 2.14. The smallest absolute Gasteiger partial charge is 0.203 e. The number of rotatable bonds is 3. The van der Waals surface area contributed by atoms with Gasteiger partial charge >= 0.3 is 0 Å². The molecule has 0 aliphatic carbocycles. The molecule has 0 radical (unpaired) electrons. The van der Waals surface area contributed by atoms with Crippen molar-refractivity contribution >= 4 is 16.7 Å². The molecular formula is C11H18N6S. The summed E-state index contributed by atoms with van der Waals surface area (Å²) in [5, 5.41) is 12.1. The van der Waals surface area contributed by atoms with Crippen LogP contribution >= 0.6 is 11.5 Å². The van der Waals surface area contributed by atoms with Crippen LogP contribution in [0.2, 0.25) is 0 Å². The molecule has 1 unspecified atom stereocenters. The molecule has 2 heterocycles. The second-order valence-electron chi connectivity index (χ2n) is 5.34. The zero-order valence-electron chi connectivity index (χ0n) is 11.3. The van der Waals surface area contributed by atoms with Gasteiger partial charge in [0, 0.05) is 24.0 Å². The predicted molar refractivity (Wildman–Crippen MR) is 71.6 cm³/mol. The molecule has 0 saturated heterocycles. The third kappa shape index (κ3) is 2.66. The van der Waals surface area contributed by atoms with Crippen molar-refractivity contribution in [2.75, 3.05) is 5.32 Å². The lowest BCUT2D eigenvalue weighted by atomic mass is 9.96. The van der Waals surface area contributed by atoms with E-state index in [1.54, 1.807) is 6.33 Å². The summed E-state index contributed by atoms with van der Waals surface area (Å²) in [6, 6.07) is 0.0540. The van der Waals surface area contributed by atoms with Gasteiger partial charge in [-0.05, 0) is 6.92 Å². The Bertz CT molecular complexity index is 524. The van der Waals surface area contributed by atoms with Gasteiger partial charge in [0.05, 0.1) is 6.04 Å². The zero-order valence-corrected chi connectivity index (χ0v) is 12.1. The van der Waals surface area contributed by atoms with E-state index in [0.29, 0.717) is 0 Å². The minimum absolute atomic E-state index is 0.0234. The highest BCUT2D eigenvalue weighted by molar-refractivity contribution is 7.09. The van der Waals surface area contributed by atoms with Gasteiger partial charge in [-0.25, -0.2) is 4.98 Å². The maximum atomic E-state index is 4.50. The zero-order chi connectivity index (χ0) is 13.3. The normalized spacial score (nSPS) is 13.6. The molecule has 98 valence electrons. The average molecular weight is 266 g/mol. The molecule has 2 rings (SSSR count). The molecule has 0 fully saturated rings. The first-order valence-corrected chi connectivity index (χ1v) is 6.60. The lowest BCUT2D eigenvalue weighted by Crippen LogP contribution is -2.14. The van der Waals surface area contributed by atoms with Crippen LogP contribution in [0.1, 0.15) is 45.4 Å². The summed E-state index contributed by atoms with van der Waals surface area (Å²) in [6.45, 7) is 8.34. The van der Waals surface area contributed by atoms with Gasteiger partial charge in [0.1, 0.15) is 12.2 Å². The summed E-state index contributed by atoms with van der Waals surface area (Å²) in [4.78, 5) is 4.50. The van der Waals surface area contributed by atoms with Crippen molar-refractivity contribution in [1.29, 1.82) is 0 Å². The molecular weight excluding hydrogens is 248 g/mol. The van der Waals surface area contributed by atoms with Gasteiger partial charge in [0.15, 0.2) is 5.82 Å². The number of nitrogens with one attached hydrogen (secondary N) is 1. The largest absolute Gasteiger partial charge is 0.351 e. The van der Waals surface area contributed by atoms with Crippen molar-refractivity contribution in [3.8, 4) is 0 Å². The van der Waals surface area contributed by atoms with Gasteiger partial charge in [0.25, 0.3) is 0 Å². The van der Waals surface area contributed by atoms with E-state index < -0.39 is 0 Å². The fourth-order valence-corrected chi connectivity index (χ4v) is 2.37. The van der Waals surface area contributed by atoms with Gasteiger partial charge in [0.2, 0.25) is 5.13 Å². The second-order valence-corrected chi connectivity index (χ2v) is 6.09. The third-order valence-electron chi connectivity index (χ3n) is 2.57. The molecule has 7 heteroatoms. The first-order chi connectivity index (χ1) is 8.38. The van der Waals surface area contributed by atoms with Crippen LogP contribution < -0.4 is 5.32 Å². The Morgan fingerprint density at radius 3 is 2.61 bits per heavy atom. The van der Waals surface area contributed by atoms with Crippen molar-refractivity contribution in [2.45, 2.75) is 39.2 Å². The van der Waals surface area contributed by atoms with Crippen molar-refractivity contribution in [3.05, 3.63) is 18.0 Å². The summed E-state index contributed by atoms with van der Waals surface area (Å²) in [6.07, 6.45) is 1.69. The Hall–Kier alpha value is -1.50. The van der Waals surface area contributed by atoms with Crippen molar-refractivity contribution in [3.63, 3.8) is 0 Å². The molecule has 0 saturated carbocycles. The van der Waals surface area contributed by atoms with Crippen LogP contribution in [0.25, 0.3) is 0 Å². The summed E-state index contributed by atoms with van der Waals surface area (Å²) < 4.78 is 6.26. The fraction of sp³-hybridized carbons (Fsp3) is 0.636. The van der Waals surface area contributed by atoms with Crippen LogP contribution in [0.4, 0.5) is 5.13 Å². The molecule has 2 aromatic rings.